The number of anilines is 1. The van der Waals surface area contributed by atoms with Gasteiger partial charge in [0.25, 0.3) is 0 Å². The normalized spacial score (nSPS) is 13.8. The largest absolute Gasteiger partial charge is 0.381 e. The van der Waals surface area contributed by atoms with Crippen molar-refractivity contribution < 1.29 is 8.42 Å². The van der Waals surface area contributed by atoms with Crippen LogP contribution in [0.5, 0.6) is 0 Å². The van der Waals surface area contributed by atoms with Gasteiger partial charge < -0.3 is 5.73 Å². The molecule has 1 unspecified atom stereocenters. The van der Waals surface area contributed by atoms with Crippen LogP contribution in [-0.2, 0) is 16.6 Å². The lowest BCUT2D eigenvalue weighted by Gasteiger charge is -2.14. The van der Waals surface area contributed by atoms with E-state index in [9.17, 15) is 8.42 Å². The fourth-order valence-corrected chi connectivity index (χ4v) is 3.36. The summed E-state index contributed by atoms with van der Waals surface area (Å²) in [4.78, 5) is 0.0649. The zero-order chi connectivity index (χ0) is 15.3. The molecule has 116 valence electrons. The molecule has 0 fully saturated rings. The first-order valence-electron chi connectivity index (χ1n) is 7.11. The van der Waals surface area contributed by atoms with Crippen molar-refractivity contribution in [1.82, 2.24) is 14.5 Å². The summed E-state index contributed by atoms with van der Waals surface area (Å²) in [6.45, 7) is 8.66. The molecule has 0 saturated heterocycles. The summed E-state index contributed by atoms with van der Waals surface area (Å²) in [6, 6.07) is -0.108. The summed E-state index contributed by atoms with van der Waals surface area (Å²) in [5, 5.41) is 3.96. The zero-order valence-corrected chi connectivity index (χ0v) is 13.6. The van der Waals surface area contributed by atoms with Crippen molar-refractivity contribution in [2.24, 2.45) is 5.92 Å². The number of hydrogen-bond donors (Lipinski definition) is 2. The average Bonchev–Trinajstić information content (AvgIpc) is 2.70. The molecule has 0 amide bonds. The van der Waals surface area contributed by atoms with E-state index < -0.39 is 10.0 Å². The van der Waals surface area contributed by atoms with Crippen LogP contribution in [0, 0.1) is 5.92 Å². The molecule has 1 heterocycles. The standard InChI is InChI=1S/C13H26N4O2S/c1-5-17-9-12(13(14)15-17)20(18,19)16-11(4)8-6-7-10(2)3/h9-11,16H,5-8H2,1-4H3,(H2,14,15). The molecule has 0 radical (unpaired) electrons. The van der Waals surface area contributed by atoms with Gasteiger partial charge in [-0.15, -0.1) is 0 Å². The van der Waals surface area contributed by atoms with E-state index in [0.717, 1.165) is 19.3 Å². The van der Waals surface area contributed by atoms with Gasteiger partial charge in [0.2, 0.25) is 10.0 Å². The predicted molar refractivity (Wildman–Crippen MR) is 80.8 cm³/mol. The molecular weight excluding hydrogens is 276 g/mol. The van der Waals surface area contributed by atoms with Gasteiger partial charge in [0.1, 0.15) is 4.90 Å². The number of nitrogens with zero attached hydrogens (tertiary/aromatic N) is 2. The molecule has 1 aromatic heterocycles. The number of nitrogens with one attached hydrogen (secondary N) is 1. The van der Waals surface area contributed by atoms with Gasteiger partial charge in [0, 0.05) is 18.8 Å². The summed E-state index contributed by atoms with van der Waals surface area (Å²) < 4.78 is 28.7. The molecule has 1 atom stereocenters. The SMILES string of the molecule is CCn1cc(S(=O)(=O)NC(C)CCCC(C)C)c(N)n1. The van der Waals surface area contributed by atoms with Gasteiger partial charge in [0.05, 0.1) is 0 Å². The quantitative estimate of drug-likeness (QED) is 0.768. The number of aryl methyl sites for hydroxylation is 1. The maximum atomic E-state index is 12.2. The lowest BCUT2D eigenvalue weighted by Crippen LogP contribution is -2.32. The highest BCUT2D eigenvalue weighted by atomic mass is 32.2. The maximum absolute atomic E-state index is 12.2. The summed E-state index contributed by atoms with van der Waals surface area (Å²) in [5.41, 5.74) is 5.67. The van der Waals surface area contributed by atoms with Crippen LogP contribution < -0.4 is 10.5 Å². The molecule has 7 heteroatoms. The minimum atomic E-state index is -3.59. The van der Waals surface area contributed by atoms with Crippen LogP contribution in [0.25, 0.3) is 0 Å². The third kappa shape index (κ3) is 4.79. The van der Waals surface area contributed by atoms with E-state index in [1.54, 1.807) is 0 Å². The van der Waals surface area contributed by atoms with Crippen molar-refractivity contribution in [3.8, 4) is 0 Å². The Morgan fingerprint density at radius 2 is 2.00 bits per heavy atom. The Morgan fingerprint density at radius 1 is 1.35 bits per heavy atom. The van der Waals surface area contributed by atoms with E-state index in [4.69, 9.17) is 5.73 Å². The first-order valence-corrected chi connectivity index (χ1v) is 8.59. The second-order valence-corrected chi connectivity index (χ2v) is 7.26. The number of hydrogen-bond acceptors (Lipinski definition) is 4. The second-order valence-electron chi connectivity index (χ2n) is 5.58. The van der Waals surface area contributed by atoms with Crippen molar-refractivity contribution >= 4 is 15.8 Å². The molecule has 0 aliphatic carbocycles. The molecule has 0 saturated carbocycles. The molecule has 0 aliphatic heterocycles. The van der Waals surface area contributed by atoms with Gasteiger partial charge in [-0.2, -0.15) is 5.10 Å². The molecule has 0 aromatic carbocycles. The first kappa shape index (κ1) is 17.0. The van der Waals surface area contributed by atoms with Crippen molar-refractivity contribution in [2.75, 3.05) is 5.73 Å². The van der Waals surface area contributed by atoms with E-state index in [-0.39, 0.29) is 16.8 Å². The lowest BCUT2D eigenvalue weighted by atomic mass is 10.0. The van der Waals surface area contributed by atoms with Crippen LogP contribution in [0.15, 0.2) is 11.1 Å². The molecule has 0 aliphatic rings. The highest BCUT2D eigenvalue weighted by Crippen LogP contribution is 2.17. The Kier molecular flexibility index (Phi) is 6.01. The van der Waals surface area contributed by atoms with Crippen LogP contribution >= 0.6 is 0 Å². The van der Waals surface area contributed by atoms with Crippen molar-refractivity contribution in [2.45, 2.75) is 64.4 Å². The van der Waals surface area contributed by atoms with Crippen molar-refractivity contribution in [1.29, 1.82) is 0 Å². The highest BCUT2D eigenvalue weighted by Gasteiger charge is 2.22. The monoisotopic (exact) mass is 302 g/mol. The molecule has 6 nitrogen and oxygen atoms in total. The summed E-state index contributed by atoms with van der Waals surface area (Å²) >= 11 is 0. The van der Waals surface area contributed by atoms with E-state index >= 15 is 0 Å². The number of sulfonamides is 1. The lowest BCUT2D eigenvalue weighted by molar-refractivity contribution is 0.488. The molecular formula is C13H26N4O2S. The molecule has 20 heavy (non-hydrogen) atoms. The topological polar surface area (TPSA) is 90.0 Å². The van der Waals surface area contributed by atoms with Crippen molar-refractivity contribution in [3.05, 3.63) is 6.20 Å². The minimum absolute atomic E-state index is 0.0498. The fraction of sp³-hybridized carbons (Fsp3) is 0.769. The third-order valence-electron chi connectivity index (χ3n) is 3.14. The van der Waals surface area contributed by atoms with Crippen LogP contribution in [0.4, 0.5) is 5.82 Å². The van der Waals surface area contributed by atoms with Gasteiger partial charge in [-0.25, -0.2) is 13.1 Å². The second kappa shape index (κ2) is 7.08. The third-order valence-corrected chi connectivity index (χ3v) is 4.75. The van der Waals surface area contributed by atoms with Crippen LogP contribution in [0.2, 0.25) is 0 Å². The first-order chi connectivity index (χ1) is 9.26. The molecule has 0 spiro atoms. The number of nitrogen functional groups attached to an aromatic ring is 1. The Balaban J connectivity index is 2.66. The zero-order valence-electron chi connectivity index (χ0n) is 12.8. The highest BCUT2D eigenvalue weighted by molar-refractivity contribution is 7.89. The summed E-state index contributed by atoms with van der Waals surface area (Å²) in [7, 11) is -3.59. The summed E-state index contributed by atoms with van der Waals surface area (Å²) in [5.74, 6) is 0.686. The Hall–Kier alpha value is -1.08. The Bertz CT molecular complexity index is 522. The van der Waals surface area contributed by atoms with E-state index in [2.05, 4.69) is 23.7 Å². The van der Waals surface area contributed by atoms with Crippen LogP contribution in [0.1, 0.15) is 47.0 Å². The minimum Gasteiger partial charge on any atom is -0.381 e. The molecule has 1 aromatic rings. The van der Waals surface area contributed by atoms with Crippen LogP contribution in [0.3, 0.4) is 0 Å². The predicted octanol–water partition coefficient (Wildman–Crippen LogP) is 1.98. The Morgan fingerprint density at radius 3 is 2.50 bits per heavy atom. The summed E-state index contributed by atoms with van der Waals surface area (Å²) in [6.07, 6.45) is 4.39. The molecule has 1 rings (SSSR count). The average molecular weight is 302 g/mol. The van der Waals surface area contributed by atoms with Gasteiger partial charge in [-0.05, 0) is 26.2 Å². The molecule has 3 N–H and O–H groups in total. The fourth-order valence-electron chi connectivity index (χ4n) is 2.01. The number of nitrogens with two attached hydrogens (primary N) is 1. The van der Waals surface area contributed by atoms with E-state index in [1.165, 1.54) is 10.9 Å². The van der Waals surface area contributed by atoms with E-state index in [1.807, 2.05) is 13.8 Å². The van der Waals surface area contributed by atoms with Crippen LogP contribution in [-0.4, -0.2) is 24.2 Å². The van der Waals surface area contributed by atoms with Gasteiger partial charge in [-0.3, -0.25) is 4.68 Å². The van der Waals surface area contributed by atoms with Gasteiger partial charge in [-0.1, -0.05) is 26.7 Å². The smallest absolute Gasteiger partial charge is 0.246 e. The van der Waals surface area contributed by atoms with E-state index in [0.29, 0.717) is 12.5 Å². The molecule has 0 bridgehead atoms. The van der Waals surface area contributed by atoms with Gasteiger partial charge in [0.15, 0.2) is 5.82 Å². The van der Waals surface area contributed by atoms with Crippen molar-refractivity contribution in [3.63, 3.8) is 0 Å². The van der Waals surface area contributed by atoms with Gasteiger partial charge >= 0.3 is 0 Å². The Labute approximate surface area is 121 Å². The maximum Gasteiger partial charge on any atom is 0.246 e. The number of aromatic nitrogens is 2. The number of rotatable bonds is 8.